The summed E-state index contributed by atoms with van der Waals surface area (Å²) in [6.45, 7) is 20.2. The Balaban J connectivity index is 0.792. The van der Waals surface area contributed by atoms with Gasteiger partial charge in [-0.2, -0.15) is 0 Å². The second-order valence-electron chi connectivity index (χ2n) is 22.8. The Morgan fingerprint density at radius 2 is 1.57 bits per heavy atom. The van der Waals surface area contributed by atoms with Crippen molar-refractivity contribution < 1.29 is 29.1 Å². The van der Waals surface area contributed by atoms with Crippen LogP contribution in [0, 0.1) is 37.5 Å². The van der Waals surface area contributed by atoms with Crippen LogP contribution in [-0.4, -0.2) is 129 Å². The summed E-state index contributed by atoms with van der Waals surface area (Å²) < 4.78 is 0. The molecule has 0 radical (unpaired) electrons. The summed E-state index contributed by atoms with van der Waals surface area (Å²) in [6.07, 6.45) is 6.06. The number of β-amino-alcohol motifs (C(OH)–C–C–N with tert-alkyl or cyclic N) is 1. The van der Waals surface area contributed by atoms with E-state index in [4.69, 9.17) is 10.4 Å². The minimum atomic E-state index is -0.834. The SMILES string of the molecule is Cc1cc(C)c(CNC(=O)c2cc(-c3ccc(N4CCN(CCNC(=O)CCCCCCC(=O)C[C@H](C(=O)N5C[C@H](O)C[C@H]5C(=O)NCc5ccc(-c6scnc6C)cc5)C(C)(C)C)CC4)nc3)cc(NC(C)C)c2C=N)c(=O)[nH]1. The number of hydrogen-bond acceptors (Lipinski definition) is 14. The summed E-state index contributed by atoms with van der Waals surface area (Å²) in [4.78, 5) is 99.2. The first-order chi connectivity index (χ1) is 38.2. The highest BCUT2D eigenvalue weighted by Gasteiger charge is 2.44. The first-order valence-corrected chi connectivity index (χ1v) is 29.0. The number of aromatic amines is 1. The molecule has 5 heterocycles. The number of thiazole rings is 1. The van der Waals surface area contributed by atoms with Crippen molar-refractivity contribution in [2.24, 2.45) is 11.3 Å². The molecule has 2 fully saturated rings. The zero-order valence-corrected chi connectivity index (χ0v) is 48.6. The van der Waals surface area contributed by atoms with E-state index in [0.29, 0.717) is 54.6 Å². The Morgan fingerprint density at radius 1 is 0.863 bits per heavy atom. The van der Waals surface area contributed by atoms with Crippen molar-refractivity contribution in [3.05, 3.63) is 116 Å². The van der Waals surface area contributed by atoms with Gasteiger partial charge in [-0.15, -0.1) is 11.3 Å². The fourth-order valence-electron chi connectivity index (χ4n) is 10.6. The number of pyridine rings is 2. The van der Waals surface area contributed by atoms with Crippen LogP contribution in [0.4, 0.5) is 11.5 Å². The predicted molar refractivity (Wildman–Crippen MR) is 316 cm³/mol. The molecule has 0 saturated carbocycles. The number of hydrogen-bond donors (Lipinski definition) is 7. The number of likely N-dealkylation sites (tertiary alicyclic amines) is 1. The highest BCUT2D eigenvalue weighted by atomic mass is 32.1. The highest BCUT2D eigenvalue weighted by Crippen LogP contribution is 2.35. The van der Waals surface area contributed by atoms with E-state index in [2.05, 4.69) is 41.0 Å². The molecule has 0 unspecified atom stereocenters. The zero-order chi connectivity index (χ0) is 57.7. The van der Waals surface area contributed by atoms with Crippen LogP contribution in [0.1, 0.15) is 130 Å². The van der Waals surface area contributed by atoms with E-state index in [-0.39, 0.29) is 67.6 Å². The van der Waals surface area contributed by atoms with Crippen LogP contribution in [0.2, 0.25) is 0 Å². The van der Waals surface area contributed by atoms with Gasteiger partial charge in [-0.05, 0) is 105 Å². The number of aryl methyl sites for hydroxylation is 3. The quantitative estimate of drug-likeness (QED) is 0.0220. The van der Waals surface area contributed by atoms with Crippen LogP contribution in [0.5, 0.6) is 0 Å². The third-order valence-electron chi connectivity index (χ3n) is 15.1. The summed E-state index contributed by atoms with van der Waals surface area (Å²) >= 11 is 1.58. The summed E-state index contributed by atoms with van der Waals surface area (Å²) in [6, 6.07) is 16.7. The third kappa shape index (κ3) is 16.3. The number of nitrogens with one attached hydrogen (secondary N) is 6. The first kappa shape index (κ1) is 60.5. The molecule has 2 aromatic carbocycles. The lowest BCUT2D eigenvalue weighted by molar-refractivity contribution is -0.146. The van der Waals surface area contributed by atoms with Gasteiger partial charge >= 0.3 is 0 Å². The number of piperazine rings is 1. The zero-order valence-electron chi connectivity index (χ0n) is 47.8. The number of Topliss-reactive ketones (excluding diaryl/α,β-unsaturated/α-hetero) is 1. The largest absolute Gasteiger partial charge is 0.391 e. The number of aromatic nitrogens is 3. The van der Waals surface area contributed by atoms with Gasteiger partial charge in [-0.1, -0.05) is 57.9 Å². The smallest absolute Gasteiger partial charge is 0.253 e. The maximum atomic E-state index is 14.1. The molecule has 3 atom stereocenters. The average molecular weight is 1110 g/mol. The van der Waals surface area contributed by atoms with Crippen molar-refractivity contribution in [3.8, 4) is 21.6 Å². The van der Waals surface area contributed by atoms with E-state index in [0.717, 1.165) is 95.5 Å². The lowest BCUT2D eigenvalue weighted by atomic mass is 9.76. The number of H-pyrrole nitrogens is 1. The Hall–Kier alpha value is -7.09. The van der Waals surface area contributed by atoms with Crippen molar-refractivity contribution >= 4 is 58.5 Å². The Bertz CT molecular complexity index is 3030. The lowest BCUT2D eigenvalue weighted by Crippen LogP contribution is -2.50. The summed E-state index contributed by atoms with van der Waals surface area (Å²) in [5.41, 5.74) is 8.97. The van der Waals surface area contributed by atoms with Gasteiger partial charge in [0.15, 0.2) is 0 Å². The number of aliphatic hydroxyl groups excluding tert-OH is 1. The van der Waals surface area contributed by atoms with E-state index in [1.807, 2.05) is 109 Å². The van der Waals surface area contributed by atoms with Gasteiger partial charge in [0.05, 0.1) is 27.7 Å². The van der Waals surface area contributed by atoms with Gasteiger partial charge in [-0.3, -0.25) is 33.7 Å². The van der Waals surface area contributed by atoms with E-state index >= 15 is 0 Å². The standard InChI is InChI=1S/C61H81N11O7S/c1-38(2)68-52-29-45(28-48(49(52)32-62)57(76)66-35-50-39(3)27-40(4)69-58(50)77)44-19-20-54(64-34-44)71-25-23-70(24-26-71)22-21-63-55(75)14-12-10-9-11-13-46(73)30-51(61(6,7)8)60(79)72-36-47(74)31-53(72)59(78)65-33-42-15-17-43(18-16-42)56-41(5)67-37-80-56/h15-20,27-29,32,34,37-38,47,51,53,62,68,74H,9-14,21-26,30-31,33,35-36H2,1-8H3,(H,63,75)(H,65,78)(H,66,76)(H,69,77)/t47-,51-,53+/m1/s1. The van der Waals surface area contributed by atoms with E-state index in [1.165, 1.54) is 11.1 Å². The number of amides is 4. The highest BCUT2D eigenvalue weighted by molar-refractivity contribution is 7.13. The van der Waals surface area contributed by atoms with Crippen LogP contribution in [0.25, 0.3) is 21.6 Å². The molecule has 2 aliphatic rings. The molecule has 5 aromatic rings. The second-order valence-corrected chi connectivity index (χ2v) is 23.6. The number of anilines is 2. The van der Waals surface area contributed by atoms with Gasteiger partial charge in [-0.25, -0.2) is 9.97 Å². The molecule has 7 N–H and O–H groups in total. The normalized spacial score (nSPS) is 16.1. The molecule has 4 amide bonds. The maximum Gasteiger partial charge on any atom is 0.253 e. The number of ketones is 1. The number of carbonyl (C=O) groups excluding carboxylic acids is 5. The number of carbonyl (C=O) groups is 5. The Kier molecular flexibility index (Phi) is 21.1. The van der Waals surface area contributed by atoms with Crippen LogP contribution in [-0.2, 0) is 32.3 Å². The first-order valence-electron chi connectivity index (χ1n) is 28.1. The molecule has 19 heteroatoms. The van der Waals surface area contributed by atoms with Crippen molar-refractivity contribution in [1.82, 2.24) is 40.7 Å². The van der Waals surface area contributed by atoms with Crippen LogP contribution in [0.3, 0.4) is 0 Å². The van der Waals surface area contributed by atoms with E-state index in [9.17, 15) is 33.9 Å². The van der Waals surface area contributed by atoms with Crippen molar-refractivity contribution in [3.63, 3.8) is 0 Å². The number of rotatable bonds is 25. The topological polar surface area (TPSA) is 246 Å². The third-order valence-corrected chi connectivity index (χ3v) is 16.1. The summed E-state index contributed by atoms with van der Waals surface area (Å²) in [5.74, 6) is -0.819. The molecule has 18 nitrogen and oxygen atoms in total. The van der Waals surface area contributed by atoms with Gasteiger partial charge in [0.25, 0.3) is 11.5 Å². The number of nitrogens with zero attached hydrogens (tertiary/aromatic N) is 5. The number of benzene rings is 2. The Labute approximate surface area is 474 Å². The van der Waals surface area contributed by atoms with E-state index < -0.39 is 29.4 Å². The van der Waals surface area contributed by atoms with Gasteiger partial charge in [0.1, 0.15) is 17.6 Å². The molecular weight excluding hydrogens is 1030 g/mol. The van der Waals surface area contributed by atoms with Gasteiger partial charge in [0.2, 0.25) is 17.7 Å². The van der Waals surface area contributed by atoms with Gasteiger partial charge < -0.3 is 46.6 Å². The minimum Gasteiger partial charge on any atom is -0.391 e. The number of unbranched alkanes of at least 4 members (excludes halogenated alkanes) is 3. The van der Waals surface area contributed by atoms with E-state index in [1.54, 1.807) is 23.6 Å². The molecule has 2 saturated heterocycles. The molecular formula is C61H81N11O7S. The maximum absolute atomic E-state index is 14.1. The van der Waals surface area contributed by atoms with Crippen molar-refractivity contribution in [2.45, 2.75) is 138 Å². The molecule has 3 aromatic heterocycles. The van der Waals surface area contributed by atoms with Crippen molar-refractivity contribution in [2.75, 3.05) is 56.0 Å². The minimum absolute atomic E-state index is 0.00679. The fourth-order valence-corrected chi connectivity index (χ4v) is 11.4. The monoisotopic (exact) mass is 1110 g/mol. The predicted octanol–water partition coefficient (Wildman–Crippen LogP) is 7.71. The van der Waals surface area contributed by atoms with Crippen LogP contribution in [0.15, 0.2) is 71.1 Å². The molecule has 0 bridgehead atoms. The second kappa shape index (κ2) is 27.9. The molecule has 0 aliphatic carbocycles. The molecule has 428 valence electrons. The fraction of sp³-hybridized carbons (Fsp3) is 0.492. The lowest BCUT2D eigenvalue weighted by Gasteiger charge is -2.35. The molecule has 2 aliphatic heterocycles. The van der Waals surface area contributed by atoms with Gasteiger partial charge in [0, 0.05) is 137 Å². The Morgan fingerprint density at radius 3 is 2.21 bits per heavy atom. The average Bonchev–Trinajstić information content (AvgIpc) is 4.10. The molecule has 80 heavy (non-hydrogen) atoms. The molecule has 7 rings (SSSR count). The summed E-state index contributed by atoms with van der Waals surface area (Å²) in [5, 5.41) is 31.2. The van der Waals surface area contributed by atoms with Crippen molar-refractivity contribution in [1.29, 1.82) is 5.41 Å². The van der Waals surface area contributed by atoms with Crippen LogP contribution < -0.4 is 31.7 Å². The summed E-state index contributed by atoms with van der Waals surface area (Å²) in [7, 11) is 0. The molecule has 0 spiro atoms. The number of aliphatic hydroxyl groups is 1. The van der Waals surface area contributed by atoms with Crippen LogP contribution >= 0.6 is 11.3 Å².